The lowest BCUT2D eigenvalue weighted by Gasteiger charge is -2.09. The Morgan fingerprint density at radius 1 is 0.375 bits per heavy atom. The van der Waals surface area contributed by atoms with E-state index < -0.39 is 0 Å². The predicted molar refractivity (Wildman–Crippen MR) is 219 cm³/mol. The maximum atomic E-state index is 6.14. The molecule has 6 heterocycles. The Bertz CT molecular complexity index is 2880. The van der Waals surface area contributed by atoms with Crippen molar-refractivity contribution < 1.29 is 9.47 Å². The van der Waals surface area contributed by atoms with Gasteiger partial charge in [-0.2, -0.15) is 0 Å². The summed E-state index contributed by atoms with van der Waals surface area (Å²) in [5.41, 5.74) is 11.2. The van der Waals surface area contributed by atoms with Gasteiger partial charge >= 0.3 is 0 Å². The lowest BCUT2D eigenvalue weighted by Crippen LogP contribution is -1.98. The summed E-state index contributed by atoms with van der Waals surface area (Å²) in [6, 6.07) is 40.2. The highest BCUT2D eigenvalue weighted by Gasteiger charge is 2.17. The molecule has 0 spiro atoms. The fraction of sp³-hybridized carbons (Fsp3) is 0.0435. The van der Waals surface area contributed by atoms with Crippen molar-refractivity contribution in [3.05, 3.63) is 157 Å². The first kappa shape index (κ1) is 31.8. The molecule has 0 saturated carbocycles. The second-order valence-corrected chi connectivity index (χ2v) is 13.7. The van der Waals surface area contributed by atoms with Gasteiger partial charge in [-0.05, 0) is 108 Å². The highest BCUT2D eigenvalue weighted by atomic mass is 16.5. The van der Waals surface area contributed by atoms with E-state index in [1.54, 1.807) is 24.8 Å². The van der Waals surface area contributed by atoms with Gasteiger partial charge in [-0.25, -0.2) is 9.97 Å². The quantitative estimate of drug-likeness (QED) is 0.148. The van der Waals surface area contributed by atoms with Crippen LogP contribution in [-0.2, 0) is 13.2 Å². The second-order valence-electron chi connectivity index (χ2n) is 13.7. The molecule has 0 amide bonds. The average molecular weight is 727 g/mol. The van der Waals surface area contributed by atoms with Crippen molar-refractivity contribution in [3.8, 4) is 34.3 Å². The number of aromatic amines is 2. The number of nitrogens with zero attached hydrogens (tertiary/aromatic N) is 6. The summed E-state index contributed by atoms with van der Waals surface area (Å²) in [6.45, 7) is 0.899. The third-order valence-corrected chi connectivity index (χ3v) is 10.2. The van der Waals surface area contributed by atoms with Crippen molar-refractivity contribution in [2.24, 2.45) is 0 Å². The first-order valence-corrected chi connectivity index (χ1v) is 18.3. The number of nitrogens with one attached hydrogen (secondary N) is 2. The first-order chi connectivity index (χ1) is 27.7. The van der Waals surface area contributed by atoms with Gasteiger partial charge in [0.05, 0.1) is 44.1 Å². The smallest absolute Gasteiger partial charge is 0.138 e. The number of hydrogen-bond donors (Lipinski definition) is 2. The number of pyridine rings is 4. The zero-order valence-corrected chi connectivity index (χ0v) is 29.8. The Kier molecular flexibility index (Phi) is 7.37. The molecule has 266 valence electrons. The topological polar surface area (TPSA) is 127 Å². The molecule has 0 aliphatic heterocycles. The molecular weight excluding hydrogens is 697 g/mol. The number of fused-ring (bicyclic) bond motifs is 12. The first-order valence-electron chi connectivity index (χ1n) is 18.3. The largest absolute Gasteiger partial charge is 0.489 e. The molecule has 56 heavy (non-hydrogen) atoms. The lowest BCUT2D eigenvalue weighted by atomic mass is 10.1. The highest BCUT2D eigenvalue weighted by molar-refractivity contribution is 6.22. The number of hydrogen-bond acceptors (Lipinski definition) is 8. The highest BCUT2D eigenvalue weighted by Crippen LogP contribution is 2.35. The fourth-order valence-corrected chi connectivity index (χ4v) is 7.44. The molecule has 0 atom stereocenters. The summed E-state index contributed by atoms with van der Waals surface area (Å²) in [4.78, 5) is 35.5. The third-order valence-electron chi connectivity index (χ3n) is 10.2. The van der Waals surface area contributed by atoms with Crippen LogP contribution in [0, 0.1) is 0 Å². The minimum atomic E-state index is 0.449. The van der Waals surface area contributed by atoms with E-state index in [4.69, 9.17) is 19.4 Å². The molecule has 10 nitrogen and oxygen atoms in total. The molecule has 2 N–H and O–H groups in total. The number of benzene rings is 5. The second kappa shape index (κ2) is 13.0. The van der Waals surface area contributed by atoms with Gasteiger partial charge in [0.15, 0.2) is 0 Å². The average Bonchev–Trinajstić information content (AvgIpc) is 3.93. The van der Waals surface area contributed by atoms with Crippen LogP contribution in [-0.4, -0.2) is 39.9 Å². The van der Waals surface area contributed by atoms with Gasteiger partial charge in [0.25, 0.3) is 0 Å². The van der Waals surface area contributed by atoms with Gasteiger partial charge in [-0.1, -0.05) is 24.3 Å². The lowest BCUT2D eigenvalue weighted by molar-refractivity contribution is 0.302. The molecule has 5 aromatic carbocycles. The van der Waals surface area contributed by atoms with E-state index in [9.17, 15) is 0 Å². The van der Waals surface area contributed by atoms with Crippen LogP contribution in [0.25, 0.3) is 88.5 Å². The molecule has 0 aliphatic carbocycles. The summed E-state index contributed by atoms with van der Waals surface area (Å²) in [7, 11) is 0. The van der Waals surface area contributed by atoms with E-state index in [1.165, 1.54) is 0 Å². The van der Waals surface area contributed by atoms with E-state index in [0.717, 1.165) is 111 Å². The van der Waals surface area contributed by atoms with E-state index in [2.05, 4.69) is 66.3 Å². The Morgan fingerprint density at radius 2 is 0.732 bits per heavy atom. The van der Waals surface area contributed by atoms with Crippen LogP contribution in [0.4, 0.5) is 0 Å². The maximum Gasteiger partial charge on any atom is 0.138 e. The fourth-order valence-electron chi connectivity index (χ4n) is 7.44. The Morgan fingerprint density at radius 3 is 1.12 bits per heavy atom. The SMILES string of the molecule is c1cnc2c(c1)c1nc(-c3ccc(OCc4ccc(COc5ccc(-c6nc7c8cccnc8c8ncccc8c7[nH]6)cc5)cc4)cc3)[nH]c1c1cccnc12. The number of ether oxygens (including phenoxy) is 2. The normalized spacial score (nSPS) is 11.7. The van der Waals surface area contributed by atoms with Gasteiger partial charge in [-0.15, -0.1) is 0 Å². The Hall–Kier alpha value is -7.72. The predicted octanol–water partition coefficient (Wildman–Crippen LogP) is 10.1. The van der Waals surface area contributed by atoms with Crippen molar-refractivity contribution in [2.45, 2.75) is 13.2 Å². The van der Waals surface area contributed by atoms with Gasteiger partial charge in [0, 0.05) is 57.5 Å². The summed E-state index contributed by atoms with van der Waals surface area (Å²) in [5.74, 6) is 3.13. The molecule has 10 heteroatoms. The Balaban J connectivity index is 0.740. The van der Waals surface area contributed by atoms with Crippen molar-refractivity contribution in [2.75, 3.05) is 0 Å². The zero-order chi connectivity index (χ0) is 37.0. The molecule has 0 fully saturated rings. The van der Waals surface area contributed by atoms with E-state index in [-0.39, 0.29) is 0 Å². The molecular formula is C46H30N8O2. The summed E-state index contributed by atoms with van der Waals surface area (Å²) >= 11 is 0. The minimum absolute atomic E-state index is 0.449. The van der Waals surface area contributed by atoms with Crippen LogP contribution >= 0.6 is 0 Å². The van der Waals surface area contributed by atoms with Crippen LogP contribution in [0.2, 0.25) is 0 Å². The number of H-pyrrole nitrogens is 2. The number of imidazole rings is 2. The van der Waals surface area contributed by atoms with E-state index >= 15 is 0 Å². The van der Waals surface area contributed by atoms with Gasteiger partial charge in [0.2, 0.25) is 0 Å². The summed E-state index contributed by atoms with van der Waals surface area (Å²) in [5, 5.41) is 3.95. The summed E-state index contributed by atoms with van der Waals surface area (Å²) in [6.07, 6.45) is 7.18. The molecule has 11 rings (SSSR count). The molecule has 0 aliphatic rings. The van der Waals surface area contributed by atoms with Crippen molar-refractivity contribution >= 4 is 65.7 Å². The minimum Gasteiger partial charge on any atom is -0.489 e. The molecule has 11 aromatic rings. The molecule has 0 bridgehead atoms. The van der Waals surface area contributed by atoms with Crippen molar-refractivity contribution in [1.29, 1.82) is 0 Å². The zero-order valence-electron chi connectivity index (χ0n) is 29.8. The molecule has 0 radical (unpaired) electrons. The van der Waals surface area contributed by atoms with Crippen molar-refractivity contribution in [3.63, 3.8) is 0 Å². The molecule has 0 saturated heterocycles. The molecule has 6 aromatic heterocycles. The summed E-state index contributed by atoms with van der Waals surface area (Å²) < 4.78 is 12.3. The van der Waals surface area contributed by atoms with Gasteiger partial charge < -0.3 is 19.4 Å². The van der Waals surface area contributed by atoms with E-state index in [0.29, 0.717) is 13.2 Å². The van der Waals surface area contributed by atoms with Gasteiger partial charge in [-0.3, -0.25) is 19.9 Å². The number of rotatable bonds is 8. The number of aromatic nitrogens is 8. The standard InChI is InChI=1S/C46H30N8O2/c1-5-33-37(47-21-1)38-34(6-2-22-48-38)42-41(33)51-45(52-42)29-13-17-31(18-14-29)55-25-27-9-11-28(12-10-27)26-56-32-19-15-30(16-20-32)46-53-43-35-7-3-23-49-39(35)40-36(44(43)54-46)8-4-24-50-40/h1-24H,25-26H2,(H,51,52)(H,53,54). The van der Waals surface area contributed by atoms with Crippen LogP contribution in [0.5, 0.6) is 11.5 Å². The van der Waals surface area contributed by atoms with Crippen LogP contribution in [0.1, 0.15) is 11.1 Å². The van der Waals surface area contributed by atoms with E-state index in [1.807, 2.05) is 84.9 Å². The van der Waals surface area contributed by atoms with Gasteiger partial charge in [0.1, 0.15) is 36.4 Å². The monoisotopic (exact) mass is 726 g/mol. The Labute approximate surface area is 318 Å². The maximum absolute atomic E-state index is 6.14. The van der Waals surface area contributed by atoms with Crippen molar-refractivity contribution in [1.82, 2.24) is 39.9 Å². The van der Waals surface area contributed by atoms with Crippen LogP contribution in [0.3, 0.4) is 0 Å². The third kappa shape index (κ3) is 5.42. The van der Waals surface area contributed by atoms with Crippen LogP contribution in [0.15, 0.2) is 146 Å². The molecule has 0 unspecified atom stereocenters. The van der Waals surface area contributed by atoms with Crippen LogP contribution < -0.4 is 9.47 Å².